The zero-order valence-corrected chi connectivity index (χ0v) is 15.0. The molecule has 1 N–H and O–H groups in total. The Bertz CT molecular complexity index is 684. The van der Waals surface area contributed by atoms with Gasteiger partial charge in [0.1, 0.15) is 5.76 Å². The molecule has 0 aliphatic heterocycles. The largest absolute Gasteiger partial charge is 0.455 e. The summed E-state index contributed by atoms with van der Waals surface area (Å²) in [6, 6.07) is 10.5. The van der Waals surface area contributed by atoms with Crippen LogP contribution in [0.25, 0.3) is 0 Å². The molecule has 1 amide bonds. The van der Waals surface area contributed by atoms with Gasteiger partial charge in [-0.1, -0.05) is 23.7 Å². The highest BCUT2D eigenvalue weighted by Crippen LogP contribution is 2.15. The van der Waals surface area contributed by atoms with E-state index in [1.165, 1.54) is 0 Å². The van der Waals surface area contributed by atoms with Gasteiger partial charge in [0.2, 0.25) is 0 Å². The number of carbonyl (C=O) groups excluding carboxylic acids is 1. The molecular formula is C17H20ClNO4S. The summed E-state index contributed by atoms with van der Waals surface area (Å²) in [5.41, 5.74) is 0.945. The lowest BCUT2D eigenvalue weighted by molar-refractivity contribution is 0.0919. The SMILES string of the molecule is COCCCNC(=O)c1ccc(C[S@@](=O)Cc2ccc(Cl)cc2)o1. The molecule has 24 heavy (non-hydrogen) atoms. The zero-order chi connectivity index (χ0) is 17.4. The molecule has 0 aliphatic carbocycles. The maximum absolute atomic E-state index is 12.2. The van der Waals surface area contributed by atoms with Gasteiger partial charge >= 0.3 is 0 Å². The van der Waals surface area contributed by atoms with Crippen molar-refractivity contribution in [1.82, 2.24) is 5.32 Å². The molecule has 1 heterocycles. The molecule has 0 aliphatic rings. The first-order valence-corrected chi connectivity index (χ1v) is 9.40. The molecule has 5 nitrogen and oxygen atoms in total. The summed E-state index contributed by atoms with van der Waals surface area (Å²) in [4.78, 5) is 11.9. The van der Waals surface area contributed by atoms with E-state index in [1.807, 2.05) is 12.1 Å². The number of ether oxygens (including phenoxy) is 1. The Morgan fingerprint density at radius 1 is 1.21 bits per heavy atom. The molecule has 2 aromatic rings. The lowest BCUT2D eigenvalue weighted by atomic mass is 10.2. The highest BCUT2D eigenvalue weighted by Gasteiger charge is 2.12. The van der Waals surface area contributed by atoms with E-state index < -0.39 is 10.8 Å². The van der Waals surface area contributed by atoms with Crippen molar-refractivity contribution in [3.8, 4) is 0 Å². The topological polar surface area (TPSA) is 68.5 Å². The average Bonchev–Trinajstić information content (AvgIpc) is 3.02. The van der Waals surface area contributed by atoms with Gasteiger partial charge in [-0.2, -0.15) is 0 Å². The third kappa shape index (κ3) is 6.11. The van der Waals surface area contributed by atoms with Gasteiger partial charge in [0.15, 0.2) is 5.76 Å². The van der Waals surface area contributed by atoms with Gasteiger partial charge in [-0.25, -0.2) is 0 Å². The van der Waals surface area contributed by atoms with Gasteiger partial charge in [-0.15, -0.1) is 0 Å². The summed E-state index contributed by atoms with van der Waals surface area (Å²) in [6.45, 7) is 1.11. The highest BCUT2D eigenvalue weighted by atomic mass is 35.5. The van der Waals surface area contributed by atoms with Crippen molar-refractivity contribution in [2.45, 2.75) is 17.9 Å². The molecule has 0 fully saturated rings. The van der Waals surface area contributed by atoms with Crippen molar-refractivity contribution < 1.29 is 18.2 Å². The van der Waals surface area contributed by atoms with Crippen LogP contribution in [-0.4, -0.2) is 30.4 Å². The van der Waals surface area contributed by atoms with Crippen molar-refractivity contribution in [2.24, 2.45) is 0 Å². The number of furan rings is 1. The molecule has 0 saturated heterocycles. The first kappa shape index (κ1) is 18.7. The van der Waals surface area contributed by atoms with Crippen LogP contribution in [0.2, 0.25) is 5.02 Å². The number of amides is 1. The van der Waals surface area contributed by atoms with E-state index in [1.54, 1.807) is 31.4 Å². The molecular weight excluding hydrogens is 350 g/mol. The smallest absolute Gasteiger partial charge is 0.286 e. The fourth-order valence-electron chi connectivity index (χ4n) is 2.06. The normalized spacial score (nSPS) is 12.1. The van der Waals surface area contributed by atoms with Crippen molar-refractivity contribution in [3.63, 3.8) is 0 Å². The second-order valence-electron chi connectivity index (χ2n) is 5.22. The summed E-state index contributed by atoms with van der Waals surface area (Å²) in [5.74, 6) is 1.16. The Kier molecular flexibility index (Phi) is 7.49. The molecule has 7 heteroatoms. The number of rotatable bonds is 9. The van der Waals surface area contributed by atoms with Crippen LogP contribution in [0.4, 0.5) is 0 Å². The number of hydrogen-bond acceptors (Lipinski definition) is 4. The Hall–Kier alpha value is -1.63. The Morgan fingerprint density at radius 3 is 2.67 bits per heavy atom. The second-order valence-corrected chi connectivity index (χ2v) is 7.12. The number of carbonyl (C=O) groups is 1. The van der Waals surface area contributed by atoms with Gasteiger partial charge in [0.25, 0.3) is 5.91 Å². The number of methoxy groups -OCH3 is 1. The quantitative estimate of drug-likeness (QED) is 0.689. The van der Waals surface area contributed by atoms with Gasteiger partial charge in [0.05, 0.1) is 5.75 Å². The maximum Gasteiger partial charge on any atom is 0.286 e. The lowest BCUT2D eigenvalue weighted by Gasteiger charge is -2.03. The van der Waals surface area contributed by atoms with Crippen LogP contribution < -0.4 is 5.32 Å². The molecule has 1 aromatic heterocycles. The van der Waals surface area contributed by atoms with Crippen molar-refractivity contribution in [1.29, 1.82) is 0 Å². The zero-order valence-electron chi connectivity index (χ0n) is 13.4. The fourth-order valence-corrected chi connectivity index (χ4v) is 3.32. The van der Waals surface area contributed by atoms with Gasteiger partial charge in [-0.3, -0.25) is 9.00 Å². The number of hydrogen-bond donors (Lipinski definition) is 1. The first-order chi connectivity index (χ1) is 11.6. The van der Waals surface area contributed by atoms with Gasteiger partial charge in [-0.05, 0) is 36.2 Å². The van der Waals surface area contributed by atoms with E-state index in [9.17, 15) is 9.00 Å². The Labute approximate surface area is 148 Å². The first-order valence-electron chi connectivity index (χ1n) is 7.54. The predicted octanol–water partition coefficient (Wildman–Crippen LogP) is 3.15. The van der Waals surface area contributed by atoms with Crippen molar-refractivity contribution in [3.05, 3.63) is 58.5 Å². The van der Waals surface area contributed by atoms with Crippen LogP contribution >= 0.6 is 11.6 Å². The Morgan fingerprint density at radius 2 is 1.96 bits per heavy atom. The molecule has 1 atom stereocenters. The van der Waals surface area contributed by atoms with Gasteiger partial charge in [0, 0.05) is 41.8 Å². The predicted molar refractivity (Wildman–Crippen MR) is 94.5 cm³/mol. The van der Waals surface area contributed by atoms with E-state index in [2.05, 4.69) is 5.32 Å². The number of halogens is 1. The van der Waals surface area contributed by atoms with E-state index in [4.69, 9.17) is 20.8 Å². The molecule has 0 unspecified atom stereocenters. The van der Waals surface area contributed by atoms with E-state index in [-0.39, 0.29) is 17.4 Å². The monoisotopic (exact) mass is 369 g/mol. The van der Waals surface area contributed by atoms with Crippen LogP contribution in [0.1, 0.15) is 28.3 Å². The van der Waals surface area contributed by atoms with Crippen LogP contribution in [0.3, 0.4) is 0 Å². The summed E-state index contributed by atoms with van der Waals surface area (Å²) in [7, 11) is 0.494. The van der Waals surface area contributed by atoms with E-state index in [0.717, 1.165) is 12.0 Å². The van der Waals surface area contributed by atoms with E-state index >= 15 is 0 Å². The second kappa shape index (κ2) is 9.61. The molecule has 0 spiro atoms. The molecule has 2 rings (SSSR count). The number of benzene rings is 1. The van der Waals surface area contributed by atoms with Crippen molar-refractivity contribution >= 4 is 28.3 Å². The minimum Gasteiger partial charge on any atom is -0.455 e. The maximum atomic E-state index is 12.2. The van der Waals surface area contributed by atoms with E-state index in [0.29, 0.717) is 29.7 Å². The minimum absolute atomic E-state index is 0.228. The summed E-state index contributed by atoms with van der Waals surface area (Å²) in [6.07, 6.45) is 0.737. The molecule has 130 valence electrons. The summed E-state index contributed by atoms with van der Waals surface area (Å²) < 4.78 is 22.6. The molecule has 1 aromatic carbocycles. The molecule has 0 saturated carbocycles. The third-order valence-electron chi connectivity index (χ3n) is 3.24. The van der Waals surface area contributed by atoms with Crippen LogP contribution in [0, 0.1) is 0 Å². The van der Waals surface area contributed by atoms with Crippen molar-refractivity contribution in [2.75, 3.05) is 20.3 Å². The number of nitrogens with one attached hydrogen (secondary N) is 1. The third-order valence-corrected chi connectivity index (χ3v) is 4.75. The molecule has 0 radical (unpaired) electrons. The van der Waals surface area contributed by atoms with Crippen LogP contribution in [0.15, 0.2) is 40.8 Å². The lowest BCUT2D eigenvalue weighted by Crippen LogP contribution is -2.24. The minimum atomic E-state index is -1.12. The fraction of sp³-hybridized carbons (Fsp3) is 0.353. The highest BCUT2D eigenvalue weighted by molar-refractivity contribution is 7.83. The Balaban J connectivity index is 1.83. The summed E-state index contributed by atoms with van der Waals surface area (Å²) in [5, 5.41) is 3.39. The standard InChI is InChI=1S/C17H20ClNO4S/c1-22-10-2-9-19-17(20)16-8-7-15(23-16)12-24(21)11-13-3-5-14(18)6-4-13/h3-8H,2,9-12H2,1H3,(H,19,20)/t24-/m0/s1. The van der Waals surface area contributed by atoms with Gasteiger partial charge < -0.3 is 14.5 Å². The molecule has 0 bridgehead atoms. The average molecular weight is 370 g/mol. The van der Waals surface area contributed by atoms with Crippen LogP contribution in [-0.2, 0) is 27.0 Å². The summed E-state index contributed by atoms with van der Waals surface area (Å²) >= 11 is 5.83. The van der Waals surface area contributed by atoms with Crippen LogP contribution in [0.5, 0.6) is 0 Å².